The summed E-state index contributed by atoms with van der Waals surface area (Å²) in [6, 6.07) is 0. The number of carbonyl (C=O) groups is 2. The van der Waals surface area contributed by atoms with Crippen LogP contribution in [0.15, 0.2) is 12.2 Å². The number of amides is 2. The molecule has 1 saturated carbocycles. The summed E-state index contributed by atoms with van der Waals surface area (Å²) < 4.78 is 0. The fraction of sp³-hybridized carbons (Fsp3) is 0.733. The summed E-state index contributed by atoms with van der Waals surface area (Å²) in [5.74, 6) is 0.843. The van der Waals surface area contributed by atoms with Gasteiger partial charge in [0.1, 0.15) is 26.2 Å². The fourth-order valence-corrected chi connectivity index (χ4v) is 4.59. The van der Waals surface area contributed by atoms with Gasteiger partial charge in [0.2, 0.25) is 11.8 Å². The maximum Gasteiger partial charge on any atom is 0.233 e. The molecule has 4 aliphatic rings. The molecule has 3 N–H and O–H groups in total. The summed E-state index contributed by atoms with van der Waals surface area (Å²) in [4.78, 5) is 28.1. The highest BCUT2D eigenvalue weighted by Gasteiger charge is 2.59. The molecule has 2 aliphatic carbocycles. The van der Waals surface area contributed by atoms with E-state index in [1.165, 1.54) is 4.90 Å². The lowest BCUT2D eigenvalue weighted by atomic mass is 9.85. The molecule has 2 saturated heterocycles. The van der Waals surface area contributed by atoms with E-state index in [1.807, 2.05) is 0 Å². The first kappa shape index (κ1) is 12.5. The quantitative estimate of drug-likeness (QED) is 0.434. The van der Waals surface area contributed by atoms with Crippen LogP contribution in [-0.4, -0.2) is 56.0 Å². The Bertz CT molecular complexity index is 440. The summed E-state index contributed by atoms with van der Waals surface area (Å²) in [5, 5.41) is 2.34. The topological polar surface area (TPSA) is 58.4 Å². The molecule has 0 aromatic heterocycles. The van der Waals surface area contributed by atoms with Crippen molar-refractivity contribution in [3.63, 3.8) is 0 Å². The number of nitrogens with two attached hydrogens (primary N) is 1. The molecular formula is C15H23N3O2+2. The van der Waals surface area contributed by atoms with Gasteiger partial charge < -0.3 is 10.2 Å². The maximum absolute atomic E-state index is 12.5. The summed E-state index contributed by atoms with van der Waals surface area (Å²) >= 11 is 0. The smallest absolute Gasteiger partial charge is 0.233 e. The van der Waals surface area contributed by atoms with Crippen LogP contribution in [0.3, 0.4) is 0 Å². The number of quaternary nitrogens is 2. The van der Waals surface area contributed by atoms with Crippen molar-refractivity contribution in [1.82, 2.24) is 4.90 Å². The first-order valence-corrected chi connectivity index (χ1v) is 7.94. The Morgan fingerprint density at radius 2 is 1.70 bits per heavy atom. The Hall–Kier alpha value is -1.20. The zero-order chi connectivity index (χ0) is 13.7. The molecule has 0 radical (unpaired) electrons. The molecular weight excluding hydrogens is 254 g/mol. The Kier molecular flexibility index (Phi) is 2.93. The van der Waals surface area contributed by atoms with E-state index in [4.69, 9.17) is 0 Å². The summed E-state index contributed by atoms with van der Waals surface area (Å²) in [6.45, 7) is 6.17. The highest BCUT2D eigenvalue weighted by molar-refractivity contribution is 6.06. The Morgan fingerprint density at radius 3 is 2.30 bits per heavy atom. The van der Waals surface area contributed by atoms with Gasteiger partial charge in [-0.15, -0.1) is 0 Å². The highest BCUT2D eigenvalue weighted by atomic mass is 16.2. The number of carbonyl (C=O) groups excluding carboxylic acids is 2. The first-order valence-electron chi connectivity index (χ1n) is 7.94. The standard InChI is InChI=1S/C15H21N3O2/c19-14-12-10-1-2-11(9-10)13(12)15(20)18(14)8-7-17-5-3-16-4-6-17/h1-2,10-13,16H,3-9H2/p+2/t10-,11-,12+,13+/m1/s1. The molecule has 2 aliphatic heterocycles. The maximum atomic E-state index is 12.5. The van der Waals surface area contributed by atoms with Gasteiger partial charge in [-0.3, -0.25) is 14.5 Å². The van der Waals surface area contributed by atoms with Crippen molar-refractivity contribution >= 4 is 11.8 Å². The van der Waals surface area contributed by atoms with E-state index in [0.717, 1.165) is 39.1 Å². The van der Waals surface area contributed by atoms with Crippen LogP contribution < -0.4 is 10.2 Å². The third-order valence-corrected chi connectivity index (χ3v) is 5.65. The van der Waals surface area contributed by atoms with Gasteiger partial charge in [-0.05, 0) is 18.3 Å². The van der Waals surface area contributed by atoms with Crippen LogP contribution in [0.2, 0.25) is 0 Å². The zero-order valence-electron chi connectivity index (χ0n) is 11.8. The van der Waals surface area contributed by atoms with Gasteiger partial charge in [0, 0.05) is 0 Å². The van der Waals surface area contributed by atoms with Gasteiger partial charge in [0.15, 0.2) is 0 Å². The Morgan fingerprint density at radius 1 is 1.10 bits per heavy atom. The number of fused-ring (bicyclic) bond motifs is 5. The molecule has 108 valence electrons. The molecule has 5 heteroatoms. The van der Waals surface area contributed by atoms with Gasteiger partial charge in [0.05, 0.1) is 24.9 Å². The van der Waals surface area contributed by atoms with E-state index in [0.29, 0.717) is 18.4 Å². The summed E-state index contributed by atoms with van der Waals surface area (Å²) in [7, 11) is 0. The molecule has 2 heterocycles. The minimum Gasteiger partial charge on any atom is -0.337 e. The summed E-state index contributed by atoms with van der Waals surface area (Å²) in [6.07, 6.45) is 5.34. The van der Waals surface area contributed by atoms with Gasteiger partial charge >= 0.3 is 0 Å². The lowest BCUT2D eigenvalue weighted by molar-refractivity contribution is -0.946. The molecule has 2 bridgehead atoms. The number of allylic oxidation sites excluding steroid dienone is 2. The number of nitrogens with zero attached hydrogens (tertiary/aromatic N) is 1. The third-order valence-electron chi connectivity index (χ3n) is 5.65. The number of hydrogen-bond donors (Lipinski definition) is 2. The monoisotopic (exact) mass is 277 g/mol. The number of hydrogen-bond acceptors (Lipinski definition) is 2. The SMILES string of the molecule is O=C1[C@@H]2[C@@H](C(=O)N1CC[NH+]1CC[NH2+]CC1)[C@@H]1C=C[C@@H]2C1. The number of imide groups is 1. The van der Waals surface area contributed by atoms with Crippen molar-refractivity contribution in [2.75, 3.05) is 39.3 Å². The van der Waals surface area contributed by atoms with Crippen molar-refractivity contribution in [3.8, 4) is 0 Å². The average Bonchev–Trinajstić information content (AvgIpc) is 3.13. The van der Waals surface area contributed by atoms with E-state index >= 15 is 0 Å². The summed E-state index contributed by atoms with van der Waals surface area (Å²) in [5.41, 5.74) is 0. The molecule has 5 nitrogen and oxygen atoms in total. The van der Waals surface area contributed by atoms with Gasteiger partial charge in [-0.25, -0.2) is 0 Å². The molecule has 2 amide bonds. The zero-order valence-corrected chi connectivity index (χ0v) is 11.8. The van der Waals surface area contributed by atoms with Gasteiger partial charge in [-0.2, -0.15) is 0 Å². The molecule has 3 fully saturated rings. The van der Waals surface area contributed by atoms with Crippen LogP contribution >= 0.6 is 0 Å². The second kappa shape index (κ2) is 4.67. The third kappa shape index (κ3) is 1.76. The van der Waals surface area contributed by atoms with Crippen molar-refractivity contribution in [2.24, 2.45) is 23.7 Å². The van der Waals surface area contributed by atoms with E-state index in [2.05, 4.69) is 17.5 Å². The predicted octanol–water partition coefficient (Wildman–Crippen LogP) is -2.74. The second-order valence-corrected chi connectivity index (χ2v) is 6.69. The largest absolute Gasteiger partial charge is 0.337 e. The normalized spacial score (nSPS) is 39.9. The second-order valence-electron chi connectivity index (χ2n) is 6.69. The van der Waals surface area contributed by atoms with Gasteiger partial charge in [0.25, 0.3) is 0 Å². The predicted molar refractivity (Wildman–Crippen MR) is 71.7 cm³/mol. The number of likely N-dealkylation sites (tertiary alicyclic amines) is 1. The van der Waals surface area contributed by atoms with Crippen LogP contribution in [0.4, 0.5) is 0 Å². The van der Waals surface area contributed by atoms with Crippen LogP contribution in [-0.2, 0) is 9.59 Å². The number of nitrogens with one attached hydrogen (secondary N) is 1. The lowest BCUT2D eigenvalue weighted by Gasteiger charge is -2.24. The van der Waals surface area contributed by atoms with E-state index < -0.39 is 0 Å². The molecule has 0 aromatic rings. The molecule has 0 spiro atoms. The van der Waals surface area contributed by atoms with Crippen LogP contribution in [0.1, 0.15) is 6.42 Å². The van der Waals surface area contributed by atoms with E-state index in [-0.39, 0.29) is 23.7 Å². The van der Waals surface area contributed by atoms with Crippen molar-refractivity contribution in [2.45, 2.75) is 6.42 Å². The first-order chi connectivity index (χ1) is 9.75. The Balaban J connectivity index is 1.42. The Labute approximate surface area is 119 Å². The average molecular weight is 277 g/mol. The molecule has 0 unspecified atom stereocenters. The van der Waals surface area contributed by atoms with Crippen LogP contribution in [0.5, 0.6) is 0 Å². The van der Waals surface area contributed by atoms with Crippen molar-refractivity contribution < 1.29 is 19.8 Å². The number of rotatable bonds is 3. The minimum absolute atomic E-state index is 0.0258. The van der Waals surface area contributed by atoms with Crippen LogP contribution in [0, 0.1) is 23.7 Å². The lowest BCUT2D eigenvalue weighted by Crippen LogP contribution is -3.20. The van der Waals surface area contributed by atoms with Gasteiger partial charge in [-0.1, -0.05) is 12.2 Å². The minimum atomic E-state index is -0.0258. The molecule has 0 aromatic carbocycles. The fourth-order valence-electron chi connectivity index (χ4n) is 4.59. The van der Waals surface area contributed by atoms with Crippen molar-refractivity contribution in [3.05, 3.63) is 12.2 Å². The molecule has 4 rings (SSSR count). The van der Waals surface area contributed by atoms with Crippen molar-refractivity contribution in [1.29, 1.82) is 0 Å². The van der Waals surface area contributed by atoms with E-state index in [9.17, 15) is 9.59 Å². The highest BCUT2D eigenvalue weighted by Crippen LogP contribution is 2.52. The molecule has 4 atom stereocenters. The van der Waals surface area contributed by atoms with Crippen LogP contribution in [0.25, 0.3) is 0 Å². The number of piperazine rings is 1. The van der Waals surface area contributed by atoms with E-state index in [1.54, 1.807) is 4.90 Å². The molecule has 20 heavy (non-hydrogen) atoms.